The maximum atomic E-state index is 12.6. The molecule has 0 aliphatic carbocycles. The summed E-state index contributed by atoms with van der Waals surface area (Å²) in [6.07, 6.45) is 3.26. The van der Waals surface area contributed by atoms with Crippen molar-refractivity contribution in [3.63, 3.8) is 0 Å². The van der Waals surface area contributed by atoms with Gasteiger partial charge < -0.3 is 9.80 Å². The van der Waals surface area contributed by atoms with Gasteiger partial charge in [-0.1, -0.05) is 23.8 Å². The third kappa shape index (κ3) is 3.14. The van der Waals surface area contributed by atoms with Crippen LogP contribution in [0.1, 0.15) is 16.1 Å². The molecule has 0 N–H and O–H groups in total. The number of benzene rings is 1. The molecular weight excluding hydrogens is 276 g/mol. The van der Waals surface area contributed by atoms with E-state index >= 15 is 0 Å². The summed E-state index contributed by atoms with van der Waals surface area (Å²) in [6.45, 7) is 5.32. The number of hydrogen-bond acceptors (Lipinski definition) is 4. The van der Waals surface area contributed by atoms with Crippen LogP contribution in [0, 0.1) is 6.92 Å². The summed E-state index contributed by atoms with van der Waals surface area (Å²) in [7, 11) is 2.07. The van der Waals surface area contributed by atoms with Crippen LogP contribution >= 0.6 is 0 Å². The first kappa shape index (κ1) is 14.7. The van der Waals surface area contributed by atoms with Crippen LogP contribution in [-0.2, 0) is 0 Å². The molecule has 1 amide bonds. The van der Waals surface area contributed by atoms with Gasteiger partial charge in [-0.3, -0.25) is 9.78 Å². The van der Waals surface area contributed by atoms with Crippen molar-refractivity contribution in [1.29, 1.82) is 0 Å². The zero-order chi connectivity index (χ0) is 15.5. The summed E-state index contributed by atoms with van der Waals surface area (Å²) < 4.78 is 0. The number of piperazine rings is 1. The molecule has 2 aromatic rings. The lowest BCUT2D eigenvalue weighted by Crippen LogP contribution is -2.47. The first-order valence-corrected chi connectivity index (χ1v) is 7.50. The fourth-order valence-electron chi connectivity index (χ4n) is 2.58. The van der Waals surface area contributed by atoms with Crippen molar-refractivity contribution < 1.29 is 4.79 Å². The maximum Gasteiger partial charge on any atom is 0.274 e. The van der Waals surface area contributed by atoms with Gasteiger partial charge in [0, 0.05) is 31.7 Å². The zero-order valence-electron chi connectivity index (χ0n) is 13.0. The Hall–Kier alpha value is -2.27. The van der Waals surface area contributed by atoms with Crippen molar-refractivity contribution >= 4 is 5.91 Å². The average molecular weight is 296 g/mol. The lowest BCUT2D eigenvalue weighted by Gasteiger charge is -2.32. The van der Waals surface area contributed by atoms with Gasteiger partial charge in [-0.15, -0.1) is 0 Å². The molecule has 22 heavy (non-hydrogen) atoms. The van der Waals surface area contributed by atoms with Crippen molar-refractivity contribution in [3.05, 3.63) is 47.9 Å². The van der Waals surface area contributed by atoms with E-state index in [-0.39, 0.29) is 5.91 Å². The van der Waals surface area contributed by atoms with Crippen LogP contribution in [0.2, 0.25) is 0 Å². The number of amides is 1. The van der Waals surface area contributed by atoms with Crippen molar-refractivity contribution in [1.82, 2.24) is 19.8 Å². The SMILES string of the molecule is Cc1cccc(-c2cncc(C(=O)N3CCN(C)CC3)n2)c1. The Labute approximate surface area is 130 Å². The van der Waals surface area contributed by atoms with Crippen LogP contribution in [-0.4, -0.2) is 58.9 Å². The van der Waals surface area contributed by atoms with E-state index in [1.165, 1.54) is 0 Å². The highest BCUT2D eigenvalue weighted by molar-refractivity contribution is 5.92. The van der Waals surface area contributed by atoms with E-state index in [4.69, 9.17) is 0 Å². The molecule has 114 valence electrons. The number of likely N-dealkylation sites (N-methyl/N-ethyl adjacent to an activating group) is 1. The molecule has 0 unspecified atom stereocenters. The monoisotopic (exact) mass is 296 g/mol. The van der Waals surface area contributed by atoms with Crippen LogP contribution in [0.25, 0.3) is 11.3 Å². The second kappa shape index (κ2) is 6.23. The second-order valence-electron chi connectivity index (χ2n) is 5.75. The summed E-state index contributed by atoms with van der Waals surface area (Å²) >= 11 is 0. The van der Waals surface area contributed by atoms with Crippen molar-refractivity contribution in [2.75, 3.05) is 33.2 Å². The third-order valence-electron chi connectivity index (χ3n) is 3.96. The fourth-order valence-corrected chi connectivity index (χ4v) is 2.58. The molecular formula is C17H20N4O. The Kier molecular flexibility index (Phi) is 4.15. The topological polar surface area (TPSA) is 49.3 Å². The number of nitrogens with zero attached hydrogens (tertiary/aromatic N) is 4. The Balaban J connectivity index is 1.83. The highest BCUT2D eigenvalue weighted by atomic mass is 16.2. The average Bonchev–Trinajstić information content (AvgIpc) is 2.55. The van der Waals surface area contributed by atoms with Gasteiger partial charge in [-0.25, -0.2) is 4.98 Å². The molecule has 1 saturated heterocycles. The zero-order valence-corrected chi connectivity index (χ0v) is 13.0. The molecule has 0 spiro atoms. The second-order valence-corrected chi connectivity index (χ2v) is 5.75. The molecule has 1 aromatic carbocycles. The first-order valence-electron chi connectivity index (χ1n) is 7.50. The number of carbonyl (C=O) groups excluding carboxylic acids is 1. The van der Waals surface area contributed by atoms with E-state index in [1.807, 2.05) is 36.1 Å². The largest absolute Gasteiger partial charge is 0.335 e. The Morgan fingerprint density at radius 2 is 1.91 bits per heavy atom. The van der Waals surface area contributed by atoms with E-state index in [0.29, 0.717) is 5.69 Å². The lowest BCUT2D eigenvalue weighted by atomic mass is 10.1. The molecule has 0 atom stereocenters. The number of carbonyl (C=O) groups is 1. The number of rotatable bonds is 2. The minimum absolute atomic E-state index is 0.0323. The van der Waals surface area contributed by atoms with E-state index < -0.39 is 0 Å². The number of hydrogen-bond donors (Lipinski definition) is 0. The van der Waals surface area contributed by atoms with Gasteiger partial charge >= 0.3 is 0 Å². The van der Waals surface area contributed by atoms with Crippen LogP contribution in [0.15, 0.2) is 36.7 Å². The van der Waals surface area contributed by atoms with Gasteiger partial charge in [-0.2, -0.15) is 0 Å². The molecule has 3 rings (SSSR count). The molecule has 2 heterocycles. The summed E-state index contributed by atoms with van der Waals surface area (Å²) in [5.41, 5.74) is 3.31. The highest BCUT2D eigenvalue weighted by Crippen LogP contribution is 2.18. The molecule has 5 heteroatoms. The van der Waals surface area contributed by atoms with E-state index in [1.54, 1.807) is 12.4 Å². The minimum Gasteiger partial charge on any atom is -0.335 e. The summed E-state index contributed by atoms with van der Waals surface area (Å²) in [5, 5.41) is 0. The van der Waals surface area contributed by atoms with Crippen LogP contribution in [0.4, 0.5) is 0 Å². The quantitative estimate of drug-likeness (QED) is 0.848. The molecule has 1 aliphatic rings. The van der Waals surface area contributed by atoms with E-state index in [2.05, 4.69) is 21.9 Å². The molecule has 5 nitrogen and oxygen atoms in total. The summed E-state index contributed by atoms with van der Waals surface area (Å²) in [4.78, 5) is 25.3. The van der Waals surface area contributed by atoms with Gasteiger partial charge in [0.25, 0.3) is 5.91 Å². The molecule has 1 fully saturated rings. The third-order valence-corrected chi connectivity index (χ3v) is 3.96. The fraction of sp³-hybridized carbons (Fsp3) is 0.353. The van der Waals surface area contributed by atoms with Gasteiger partial charge in [0.05, 0.1) is 18.1 Å². The molecule has 0 saturated carbocycles. The normalized spacial score (nSPS) is 15.8. The van der Waals surface area contributed by atoms with E-state index in [9.17, 15) is 4.79 Å². The Bertz CT molecular complexity index is 678. The smallest absolute Gasteiger partial charge is 0.274 e. The highest BCUT2D eigenvalue weighted by Gasteiger charge is 2.21. The number of aromatic nitrogens is 2. The van der Waals surface area contributed by atoms with Gasteiger partial charge in [0.15, 0.2) is 0 Å². The lowest BCUT2D eigenvalue weighted by molar-refractivity contribution is 0.0658. The molecule has 1 aromatic heterocycles. The Morgan fingerprint density at radius 3 is 2.64 bits per heavy atom. The number of aryl methyl sites for hydroxylation is 1. The van der Waals surface area contributed by atoms with Gasteiger partial charge in [0.2, 0.25) is 0 Å². The Morgan fingerprint density at radius 1 is 1.14 bits per heavy atom. The summed E-state index contributed by atoms with van der Waals surface area (Å²) in [6, 6.07) is 8.06. The standard InChI is InChI=1S/C17H20N4O/c1-13-4-3-5-14(10-13)15-11-18-12-16(19-15)17(22)21-8-6-20(2)7-9-21/h3-5,10-12H,6-9H2,1-2H3. The summed E-state index contributed by atoms with van der Waals surface area (Å²) in [5.74, 6) is -0.0323. The van der Waals surface area contributed by atoms with Crippen molar-refractivity contribution in [2.24, 2.45) is 0 Å². The molecule has 0 bridgehead atoms. The van der Waals surface area contributed by atoms with E-state index in [0.717, 1.165) is 43.0 Å². The van der Waals surface area contributed by atoms with Crippen LogP contribution < -0.4 is 0 Å². The van der Waals surface area contributed by atoms with Crippen molar-refractivity contribution in [2.45, 2.75) is 6.92 Å². The molecule has 1 aliphatic heterocycles. The van der Waals surface area contributed by atoms with Gasteiger partial charge in [0.1, 0.15) is 5.69 Å². The first-order chi connectivity index (χ1) is 10.6. The van der Waals surface area contributed by atoms with Crippen LogP contribution in [0.3, 0.4) is 0 Å². The predicted octanol–water partition coefficient (Wildman–Crippen LogP) is 1.84. The predicted molar refractivity (Wildman–Crippen MR) is 85.6 cm³/mol. The molecule has 0 radical (unpaired) electrons. The maximum absolute atomic E-state index is 12.6. The van der Waals surface area contributed by atoms with Crippen LogP contribution in [0.5, 0.6) is 0 Å². The van der Waals surface area contributed by atoms with Gasteiger partial charge in [-0.05, 0) is 20.0 Å². The minimum atomic E-state index is -0.0323. The van der Waals surface area contributed by atoms with Crippen molar-refractivity contribution in [3.8, 4) is 11.3 Å².